The zero-order valence-corrected chi connectivity index (χ0v) is 18.5. The standard InChI is InChI=1S/C25H48O2/c1-3-4-5-6-7-8-9-10-11-12-13-14-15-16-17-18-19-20-21-22-23-24(2)25(26)27/h8-9,24H,3-7,10-23H2,1-2H3,(H,26,27)/b9-8-/t24-/m1/s1. The highest BCUT2D eigenvalue weighted by atomic mass is 16.4. The van der Waals surface area contributed by atoms with E-state index in [1.807, 2.05) is 6.92 Å². The summed E-state index contributed by atoms with van der Waals surface area (Å²) in [4.78, 5) is 10.7. The number of rotatable bonds is 21. The largest absolute Gasteiger partial charge is 0.481 e. The molecule has 0 saturated carbocycles. The van der Waals surface area contributed by atoms with Gasteiger partial charge in [0, 0.05) is 0 Å². The fraction of sp³-hybridized carbons (Fsp3) is 0.880. The molecule has 2 heteroatoms. The van der Waals surface area contributed by atoms with Crippen molar-refractivity contribution in [3.8, 4) is 0 Å². The SMILES string of the molecule is CCCCCC/C=C\CCCCCCCCCCCCCC[C@@H](C)C(=O)O. The first kappa shape index (κ1) is 26.2. The monoisotopic (exact) mass is 380 g/mol. The highest BCUT2D eigenvalue weighted by molar-refractivity contribution is 5.69. The third-order valence-corrected chi connectivity index (χ3v) is 5.57. The van der Waals surface area contributed by atoms with Crippen LogP contribution in [0.3, 0.4) is 0 Å². The van der Waals surface area contributed by atoms with Crippen molar-refractivity contribution in [2.75, 3.05) is 0 Å². The van der Waals surface area contributed by atoms with Crippen molar-refractivity contribution in [1.29, 1.82) is 0 Å². The van der Waals surface area contributed by atoms with Crippen LogP contribution in [0.15, 0.2) is 12.2 Å². The van der Waals surface area contributed by atoms with Crippen LogP contribution in [0.2, 0.25) is 0 Å². The normalized spacial score (nSPS) is 12.7. The molecule has 0 aliphatic rings. The fourth-order valence-electron chi connectivity index (χ4n) is 3.53. The summed E-state index contributed by atoms with van der Waals surface area (Å²) >= 11 is 0. The summed E-state index contributed by atoms with van der Waals surface area (Å²) in [6.45, 7) is 4.08. The Labute approximate surface area is 170 Å². The van der Waals surface area contributed by atoms with Gasteiger partial charge in [0.15, 0.2) is 0 Å². The summed E-state index contributed by atoms with van der Waals surface area (Å²) in [5, 5.41) is 8.84. The molecule has 0 spiro atoms. The van der Waals surface area contributed by atoms with Crippen LogP contribution in [0.25, 0.3) is 0 Å². The van der Waals surface area contributed by atoms with E-state index >= 15 is 0 Å². The van der Waals surface area contributed by atoms with Gasteiger partial charge in [0.25, 0.3) is 0 Å². The molecule has 0 aromatic heterocycles. The van der Waals surface area contributed by atoms with E-state index in [2.05, 4.69) is 19.1 Å². The minimum atomic E-state index is -0.649. The van der Waals surface area contributed by atoms with E-state index < -0.39 is 5.97 Å². The van der Waals surface area contributed by atoms with Crippen molar-refractivity contribution >= 4 is 5.97 Å². The third-order valence-electron chi connectivity index (χ3n) is 5.57. The molecule has 2 nitrogen and oxygen atoms in total. The highest BCUT2D eigenvalue weighted by Crippen LogP contribution is 2.15. The maximum absolute atomic E-state index is 10.7. The average Bonchev–Trinajstić information content (AvgIpc) is 2.66. The summed E-state index contributed by atoms with van der Waals surface area (Å²) in [5.74, 6) is -0.819. The first-order valence-corrected chi connectivity index (χ1v) is 12.1. The number of hydrogen-bond donors (Lipinski definition) is 1. The molecule has 0 saturated heterocycles. The van der Waals surface area contributed by atoms with E-state index in [1.165, 1.54) is 109 Å². The maximum atomic E-state index is 10.7. The number of hydrogen-bond acceptors (Lipinski definition) is 1. The lowest BCUT2D eigenvalue weighted by atomic mass is 10.0. The Morgan fingerprint density at radius 3 is 1.44 bits per heavy atom. The number of unbranched alkanes of at least 4 members (excludes halogenated alkanes) is 16. The number of aliphatic carboxylic acids is 1. The van der Waals surface area contributed by atoms with Crippen molar-refractivity contribution in [1.82, 2.24) is 0 Å². The molecule has 0 heterocycles. The fourth-order valence-corrected chi connectivity index (χ4v) is 3.53. The van der Waals surface area contributed by atoms with Crippen LogP contribution in [0.4, 0.5) is 0 Å². The molecule has 0 rings (SSSR count). The molecule has 0 fully saturated rings. The van der Waals surface area contributed by atoms with Gasteiger partial charge in [-0.25, -0.2) is 0 Å². The van der Waals surface area contributed by atoms with Crippen LogP contribution in [0.5, 0.6) is 0 Å². The zero-order valence-electron chi connectivity index (χ0n) is 18.5. The molecule has 0 aliphatic heterocycles. The summed E-state index contributed by atoms with van der Waals surface area (Å²) < 4.78 is 0. The molecule has 0 bridgehead atoms. The molecular formula is C25H48O2. The Morgan fingerprint density at radius 1 is 0.667 bits per heavy atom. The van der Waals surface area contributed by atoms with Gasteiger partial charge in [0.1, 0.15) is 0 Å². The Kier molecular flexibility index (Phi) is 20.9. The molecule has 0 radical (unpaired) electrons. The van der Waals surface area contributed by atoms with Gasteiger partial charge < -0.3 is 5.11 Å². The first-order valence-electron chi connectivity index (χ1n) is 12.1. The average molecular weight is 381 g/mol. The van der Waals surface area contributed by atoms with Gasteiger partial charge in [-0.05, 0) is 32.1 Å². The van der Waals surface area contributed by atoms with Crippen LogP contribution in [-0.2, 0) is 4.79 Å². The third kappa shape index (κ3) is 21.4. The van der Waals surface area contributed by atoms with E-state index in [9.17, 15) is 4.79 Å². The predicted molar refractivity (Wildman–Crippen MR) is 119 cm³/mol. The topological polar surface area (TPSA) is 37.3 Å². The van der Waals surface area contributed by atoms with Crippen molar-refractivity contribution in [2.45, 2.75) is 136 Å². The molecule has 0 amide bonds. The van der Waals surface area contributed by atoms with Gasteiger partial charge in [-0.3, -0.25) is 4.79 Å². The van der Waals surface area contributed by atoms with Crippen LogP contribution in [0.1, 0.15) is 136 Å². The van der Waals surface area contributed by atoms with Crippen molar-refractivity contribution in [3.05, 3.63) is 12.2 Å². The van der Waals surface area contributed by atoms with E-state index in [-0.39, 0.29) is 5.92 Å². The van der Waals surface area contributed by atoms with Crippen LogP contribution < -0.4 is 0 Å². The van der Waals surface area contributed by atoms with Crippen molar-refractivity contribution in [2.24, 2.45) is 5.92 Å². The number of carbonyl (C=O) groups is 1. The zero-order chi connectivity index (χ0) is 20.0. The minimum absolute atomic E-state index is 0.170. The Balaban J connectivity index is 3.11. The quantitative estimate of drug-likeness (QED) is 0.160. The molecule has 0 unspecified atom stereocenters. The highest BCUT2D eigenvalue weighted by Gasteiger charge is 2.09. The molecule has 1 atom stereocenters. The molecule has 27 heavy (non-hydrogen) atoms. The summed E-state index contributed by atoms with van der Waals surface area (Å²) in [6.07, 6.45) is 29.7. The van der Waals surface area contributed by atoms with Gasteiger partial charge in [-0.1, -0.05) is 116 Å². The molecular weight excluding hydrogens is 332 g/mol. The van der Waals surface area contributed by atoms with Gasteiger partial charge in [-0.15, -0.1) is 0 Å². The molecule has 0 aliphatic carbocycles. The van der Waals surface area contributed by atoms with Crippen LogP contribution in [0, 0.1) is 5.92 Å². The Bertz CT molecular complexity index is 335. The van der Waals surface area contributed by atoms with Crippen molar-refractivity contribution in [3.63, 3.8) is 0 Å². The smallest absolute Gasteiger partial charge is 0.306 e. The molecule has 1 N–H and O–H groups in total. The van der Waals surface area contributed by atoms with Gasteiger partial charge in [0.2, 0.25) is 0 Å². The summed E-state index contributed by atoms with van der Waals surface area (Å²) in [6, 6.07) is 0. The van der Waals surface area contributed by atoms with Gasteiger partial charge in [-0.2, -0.15) is 0 Å². The molecule has 0 aromatic rings. The molecule has 160 valence electrons. The Morgan fingerprint density at radius 2 is 1.04 bits per heavy atom. The van der Waals surface area contributed by atoms with Crippen molar-refractivity contribution < 1.29 is 9.90 Å². The van der Waals surface area contributed by atoms with Crippen LogP contribution in [-0.4, -0.2) is 11.1 Å². The van der Waals surface area contributed by atoms with Crippen LogP contribution >= 0.6 is 0 Å². The second-order valence-electron chi connectivity index (χ2n) is 8.38. The Hall–Kier alpha value is -0.790. The predicted octanol–water partition coefficient (Wildman–Crippen LogP) is 8.70. The minimum Gasteiger partial charge on any atom is -0.481 e. The summed E-state index contributed by atoms with van der Waals surface area (Å²) in [5.41, 5.74) is 0. The first-order chi connectivity index (χ1) is 13.2. The lowest BCUT2D eigenvalue weighted by Gasteiger charge is -2.05. The second-order valence-corrected chi connectivity index (χ2v) is 8.38. The van der Waals surface area contributed by atoms with Gasteiger partial charge in [0.05, 0.1) is 5.92 Å². The van der Waals surface area contributed by atoms with E-state index in [0.717, 1.165) is 12.8 Å². The van der Waals surface area contributed by atoms with E-state index in [4.69, 9.17) is 5.11 Å². The van der Waals surface area contributed by atoms with E-state index in [0.29, 0.717) is 0 Å². The number of carboxylic acids is 1. The maximum Gasteiger partial charge on any atom is 0.306 e. The molecule has 0 aromatic carbocycles. The van der Waals surface area contributed by atoms with Gasteiger partial charge >= 0.3 is 5.97 Å². The summed E-state index contributed by atoms with van der Waals surface area (Å²) in [7, 11) is 0. The second kappa shape index (κ2) is 21.5. The lowest BCUT2D eigenvalue weighted by Crippen LogP contribution is -2.08. The number of carboxylic acid groups (broad SMARTS) is 1. The number of allylic oxidation sites excluding steroid dienone is 2. The lowest BCUT2D eigenvalue weighted by molar-refractivity contribution is -0.141. The van der Waals surface area contributed by atoms with E-state index in [1.54, 1.807) is 0 Å².